The lowest BCUT2D eigenvalue weighted by atomic mass is 10.3. The average molecular weight is 261 g/mol. The van der Waals surface area contributed by atoms with Crippen molar-refractivity contribution in [3.63, 3.8) is 0 Å². The molecule has 0 bridgehead atoms. The second-order valence-electron chi connectivity index (χ2n) is 4.04. The molecule has 17 heavy (non-hydrogen) atoms. The molecule has 0 unspecified atom stereocenters. The van der Waals surface area contributed by atoms with Crippen LogP contribution in [0.15, 0.2) is 0 Å². The minimum atomic E-state index is -0.991. The maximum absolute atomic E-state index is 11.0. The topological polar surface area (TPSA) is 72.8 Å². The average Bonchev–Trinajstić information content (AvgIpc) is 2.24. The highest BCUT2D eigenvalue weighted by atomic mass is 28.3. The van der Waals surface area contributed by atoms with Crippen molar-refractivity contribution in [2.24, 2.45) is 0 Å². The van der Waals surface area contributed by atoms with E-state index >= 15 is 0 Å². The molecule has 0 aliphatic rings. The predicted octanol–water partition coefficient (Wildman–Crippen LogP) is 1.56. The first-order valence-corrected chi connectivity index (χ1v) is 8.47. The van der Waals surface area contributed by atoms with Gasteiger partial charge in [-0.1, -0.05) is 19.1 Å². The van der Waals surface area contributed by atoms with Crippen molar-refractivity contribution in [2.75, 3.05) is 19.8 Å². The maximum atomic E-state index is 11.0. The number of carbonyl (C=O) groups excluding carboxylic acids is 1. The molecule has 0 aromatic heterocycles. The van der Waals surface area contributed by atoms with Crippen molar-refractivity contribution in [1.29, 1.82) is 0 Å². The molecule has 0 rings (SSSR count). The van der Waals surface area contributed by atoms with Crippen molar-refractivity contribution >= 4 is 20.7 Å². The smallest absolute Gasteiger partial charge is 0.306 e. The molecule has 0 saturated carbocycles. The first-order chi connectivity index (χ1) is 8.02. The summed E-state index contributed by atoms with van der Waals surface area (Å²) in [6.45, 7) is 5.80. The SMILES string of the molecule is C[Si](C)CCCOCCOC(=O)CCC(=O)O. The quantitative estimate of drug-likeness (QED) is 0.367. The second kappa shape index (κ2) is 10.3. The Bertz CT molecular complexity index is 230. The van der Waals surface area contributed by atoms with E-state index in [0.717, 1.165) is 6.42 Å². The van der Waals surface area contributed by atoms with Gasteiger partial charge in [-0.25, -0.2) is 0 Å². The van der Waals surface area contributed by atoms with Gasteiger partial charge < -0.3 is 14.6 Å². The van der Waals surface area contributed by atoms with Gasteiger partial charge in [0.2, 0.25) is 0 Å². The molecule has 0 aliphatic carbocycles. The van der Waals surface area contributed by atoms with Gasteiger partial charge in [0.05, 0.1) is 19.4 Å². The molecule has 0 aromatic carbocycles. The van der Waals surface area contributed by atoms with Gasteiger partial charge in [0.15, 0.2) is 0 Å². The van der Waals surface area contributed by atoms with Crippen LogP contribution in [-0.4, -0.2) is 45.7 Å². The number of hydrogen-bond acceptors (Lipinski definition) is 4. The third-order valence-electron chi connectivity index (χ3n) is 2.00. The summed E-state index contributed by atoms with van der Waals surface area (Å²) < 4.78 is 10.1. The van der Waals surface area contributed by atoms with Gasteiger partial charge >= 0.3 is 11.9 Å². The van der Waals surface area contributed by atoms with E-state index in [0.29, 0.717) is 13.2 Å². The van der Waals surface area contributed by atoms with E-state index in [9.17, 15) is 9.59 Å². The number of carbonyl (C=O) groups is 2. The van der Waals surface area contributed by atoms with Crippen molar-refractivity contribution in [2.45, 2.75) is 38.4 Å². The van der Waals surface area contributed by atoms with Gasteiger partial charge in [0.25, 0.3) is 0 Å². The fourth-order valence-electron chi connectivity index (χ4n) is 1.13. The Balaban J connectivity index is 3.22. The molecule has 0 amide bonds. The summed E-state index contributed by atoms with van der Waals surface area (Å²) in [7, 11) is -0.177. The molecule has 0 atom stereocenters. The number of carboxylic acids is 1. The van der Waals surface area contributed by atoms with E-state index in [1.165, 1.54) is 6.04 Å². The van der Waals surface area contributed by atoms with Gasteiger partial charge in [0, 0.05) is 15.4 Å². The Hall–Kier alpha value is -0.883. The van der Waals surface area contributed by atoms with E-state index in [4.69, 9.17) is 14.6 Å². The minimum Gasteiger partial charge on any atom is -0.481 e. The fraction of sp³-hybridized carbons (Fsp3) is 0.818. The Morgan fingerprint density at radius 3 is 2.41 bits per heavy atom. The summed E-state index contributed by atoms with van der Waals surface area (Å²) >= 11 is 0. The number of aliphatic carboxylic acids is 1. The van der Waals surface area contributed by atoms with Crippen LogP contribution >= 0.6 is 0 Å². The van der Waals surface area contributed by atoms with Crippen LogP contribution in [0.1, 0.15) is 19.3 Å². The molecule has 5 nitrogen and oxygen atoms in total. The first kappa shape index (κ1) is 16.1. The van der Waals surface area contributed by atoms with Crippen molar-refractivity contribution in [1.82, 2.24) is 0 Å². The van der Waals surface area contributed by atoms with Crippen LogP contribution in [-0.2, 0) is 19.1 Å². The summed E-state index contributed by atoms with van der Waals surface area (Å²) in [5.41, 5.74) is 0. The summed E-state index contributed by atoms with van der Waals surface area (Å²) in [5.74, 6) is -1.47. The van der Waals surface area contributed by atoms with E-state index in [1.807, 2.05) is 0 Å². The number of carboxylic acid groups (broad SMARTS) is 1. The van der Waals surface area contributed by atoms with Gasteiger partial charge in [-0.2, -0.15) is 0 Å². The van der Waals surface area contributed by atoms with Crippen LogP contribution in [0.2, 0.25) is 19.1 Å². The molecule has 1 N–H and O–H groups in total. The third kappa shape index (κ3) is 13.1. The van der Waals surface area contributed by atoms with Crippen molar-refractivity contribution < 1.29 is 24.2 Å². The van der Waals surface area contributed by atoms with Gasteiger partial charge in [-0.3, -0.25) is 9.59 Å². The Labute approximate surface area is 104 Å². The Morgan fingerprint density at radius 2 is 1.82 bits per heavy atom. The predicted molar refractivity (Wildman–Crippen MR) is 65.6 cm³/mol. The van der Waals surface area contributed by atoms with Crippen LogP contribution in [0, 0.1) is 0 Å². The van der Waals surface area contributed by atoms with Crippen LogP contribution in [0.25, 0.3) is 0 Å². The highest BCUT2D eigenvalue weighted by molar-refractivity contribution is 6.55. The second-order valence-corrected chi connectivity index (χ2v) is 6.95. The minimum absolute atomic E-state index is 0.0766. The summed E-state index contributed by atoms with van der Waals surface area (Å²) in [4.78, 5) is 21.2. The zero-order valence-electron chi connectivity index (χ0n) is 10.5. The molecule has 0 spiro atoms. The zero-order valence-corrected chi connectivity index (χ0v) is 11.5. The standard InChI is InChI=1S/C11H21O5Si/c1-17(2)9-3-6-15-7-8-16-11(14)5-4-10(12)13/h3-9H2,1-2H3,(H,12,13). The number of ether oxygens (including phenoxy) is 2. The molecule has 1 radical (unpaired) electrons. The number of hydrogen-bond donors (Lipinski definition) is 1. The van der Waals surface area contributed by atoms with Gasteiger partial charge in [-0.05, 0) is 6.42 Å². The lowest BCUT2D eigenvalue weighted by Crippen LogP contribution is -2.12. The maximum Gasteiger partial charge on any atom is 0.306 e. The van der Waals surface area contributed by atoms with Gasteiger partial charge in [0.1, 0.15) is 6.61 Å². The first-order valence-electron chi connectivity index (χ1n) is 5.76. The molecular weight excluding hydrogens is 240 g/mol. The molecule has 6 heteroatoms. The largest absolute Gasteiger partial charge is 0.481 e. The summed E-state index contributed by atoms with van der Waals surface area (Å²) in [6.07, 6.45) is 0.790. The van der Waals surface area contributed by atoms with Crippen LogP contribution in [0.4, 0.5) is 0 Å². The van der Waals surface area contributed by atoms with Crippen molar-refractivity contribution in [3.05, 3.63) is 0 Å². The molecular formula is C11H21O5Si. The molecule has 0 aromatic rings. The normalized spacial score (nSPS) is 10.5. The van der Waals surface area contributed by atoms with Crippen LogP contribution in [0.5, 0.6) is 0 Å². The Kier molecular flexibility index (Phi) is 9.75. The molecule has 0 saturated heterocycles. The highest BCUT2D eigenvalue weighted by Gasteiger charge is 2.05. The van der Waals surface area contributed by atoms with E-state index in [2.05, 4.69) is 13.1 Å². The lowest BCUT2D eigenvalue weighted by molar-refractivity contribution is -0.148. The monoisotopic (exact) mass is 261 g/mol. The van der Waals surface area contributed by atoms with Crippen molar-refractivity contribution in [3.8, 4) is 0 Å². The van der Waals surface area contributed by atoms with E-state index in [1.54, 1.807) is 0 Å². The molecule has 0 fully saturated rings. The summed E-state index contributed by atoms with van der Waals surface area (Å²) in [5, 5.41) is 8.35. The lowest BCUT2D eigenvalue weighted by Gasteiger charge is -2.06. The molecule has 0 aliphatic heterocycles. The Morgan fingerprint density at radius 1 is 1.12 bits per heavy atom. The molecule has 0 heterocycles. The zero-order chi connectivity index (χ0) is 13.1. The number of rotatable bonds is 10. The third-order valence-corrected chi connectivity index (χ3v) is 3.35. The van der Waals surface area contributed by atoms with Gasteiger partial charge in [-0.15, -0.1) is 0 Å². The molecule has 99 valence electrons. The van der Waals surface area contributed by atoms with Crippen LogP contribution in [0.3, 0.4) is 0 Å². The fourth-order valence-corrected chi connectivity index (χ4v) is 1.98. The van der Waals surface area contributed by atoms with Crippen LogP contribution < -0.4 is 0 Å². The van der Waals surface area contributed by atoms with E-state index in [-0.39, 0.29) is 28.2 Å². The highest BCUT2D eigenvalue weighted by Crippen LogP contribution is 1.97. The summed E-state index contributed by atoms with van der Waals surface area (Å²) in [6, 6.07) is 1.23. The number of esters is 1. The van der Waals surface area contributed by atoms with E-state index < -0.39 is 11.9 Å².